The topological polar surface area (TPSA) is 81.0 Å². The SMILES string of the molecule is Cc1nn2c(N3CCOCC3)c(C(=O)N[C@H]3CCOc4ccccc43)cnc2c1-c1c(F)ccc(Cl)c1F. The second kappa shape index (κ2) is 9.85. The van der Waals surface area contributed by atoms with Crippen LogP contribution in [0.2, 0.25) is 5.02 Å². The molecule has 1 amide bonds. The molecule has 11 heteroatoms. The predicted octanol–water partition coefficient (Wildman–Crippen LogP) is 4.73. The number of morpholine rings is 1. The van der Waals surface area contributed by atoms with Gasteiger partial charge in [0.05, 0.1) is 47.7 Å². The summed E-state index contributed by atoms with van der Waals surface area (Å²) in [6, 6.07) is 9.64. The van der Waals surface area contributed by atoms with Gasteiger partial charge in [-0.25, -0.2) is 13.8 Å². The molecule has 1 N–H and O–H groups in total. The third-order valence-corrected chi connectivity index (χ3v) is 7.20. The predicted molar refractivity (Wildman–Crippen MR) is 138 cm³/mol. The number of aryl methyl sites for hydroxylation is 1. The van der Waals surface area contributed by atoms with Gasteiger partial charge in [-0.1, -0.05) is 29.8 Å². The average Bonchev–Trinajstić information content (AvgIpc) is 3.26. The number of anilines is 1. The highest BCUT2D eigenvalue weighted by molar-refractivity contribution is 6.31. The first-order valence-corrected chi connectivity index (χ1v) is 12.7. The minimum absolute atomic E-state index is 0.183. The lowest BCUT2D eigenvalue weighted by atomic mass is 10.00. The van der Waals surface area contributed by atoms with Gasteiger partial charge in [0, 0.05) is 31.3 Å². The van der Waals surface area contributed by atoms with Crippen molar-refractivity contribution in [3.05, 3.63) is 76.1 Å². The average molecular weight is 540 g/mol. The van der Waals surface area contributed by atoms with E-state index in [4.69, 9.17) is 21.1 Å². The van der Waals surface area contributed by atoms with Crippen molar-refractivity contribution in [2.75, 3.05) is 37.8 Å². The first kappa shape index (κ1) is 24.6. The van der Waals surface area contributed by atoms with Crippen molar-refractivity contribution in [1.82, 2.24) is 19.9 Å². The van der Waals surface area contributed by atoms with Gasteiger partial charge in [-0.15, -0.1) is 0 Å². The minimum atomic E-state index is -0.889. The first-order chi connectivity index (χ1) is 18.4. The molecule has 0 unspecified atom stereocenters. The van der Waals surface area contributed by atoms with Gasteiger partial charge in [0.2, 0.25) is 0 Å². The Balaban J connectivity index is 1.48. The van der Waals surface area contributed by atoms with E-state index < -0.39 is 11.6 Å². The Morgan fingerprint density at radius 3 is 2.71 bits per heavy atom. The van der Waals surface area contributed by atoms with Crippen LogP contribution in [0.25, 0.3) is 16.8 Å². The number of amides is 1. The smallest absolute Gasteiger partial charge is 0.257 e. The van der Waals surface area contributed by atoms with Crippen LogP contribution < -0.4 is 15.0 Å². The van der Waals surface area contributed by atoms with Gasteiger partial charge < -0.3 is 19.7 Å². The van der Waals surface area contributed by atoms with E-state index in [1.807, 2.05) is 29.2 Å². The standard InChI is InChI=1S/C27H24ClF2N5O3/c1-15-22(23-19(29)7-6-18(28)24(23)30)25-31-14-17(27(35(25)33-15)34-9-12-37-13-10-34)26(36)32-20-8-11-38-21-5-3-2-4-16(20)21/h2-7,14,20H,8-13H2,1H3,(H,32,36)/t20-/m0/s1. The van der Waals surface area contributed by atoms with Crippen molar-refractivity contribution in [2.24, 2.45) is 0 Å². The molecule has 0 aliphatic carbocycles. The van der Waals surface area contributed by atoms with Gasteiger partial charge in [0.15, 0.2) is 11.5 Å². The van der Waals surface area contributed by atoms with Crippen LogP contribution in [0.5, 0.6) is 5.75 Å². The molecule has 1 fully saturated rings. The second-order valence-electron chi connectivity index (χ2n) is 9.21. The fraction of sp³-hybridized carbons (Fsp3) is 0.296. The van der Waals surface area contributed by atoms with Gasteiger partial charge >= 0.3 is 0 Å². The summed E-state index contributed by atoms with van der Waals surface area (Å²) in [4.78, 5) is 20.2. The van der Waals surface area contributed by atoms with E-state index in [0.29, 0.717) is 56.4 Å². The third kappa shape index (κ3) is 4.13. The number of aromatic nitrogens is 3. The van der Waals surface area contributed by atoms with E-state index >= 15 is 4.39 Å². The molecule has 8 nitrogen and oxygen atoms in total. The molecule has 0 bridgehead atoms. The molecule has 0 spiro atoms. The molecule has 0 radical (unpaired) electrons. The summed E-state index contributed by atoms with van der Waals surface area (Å²) in [6.07, 6.45) is 2.05. The molecule has 38 heavy (non-hydrogen) atoms. The summed E-state index contributed by atoms with van der Waals surface area (Å²) in [5, 5.41) is 7.51. The van der Waals surface area contributed by atoms with Crippen molar-refractivity contribution < 1.29 is 23.0 Å². The number of carbonyl (C=O) groups is 1. The van der Waals surface area contributed by atoms with Crippen LogP contribution in [0.15, 0.2) is 42.6 Å². The van der Waals surface area contributed by atoms with Gasteiger partial charge in [0.1, 0.15) is 22.9 Å². The Morgan fingerprint density at radius 2 is 1.89 bits per heavy atom. The molecule has 1 saturated heterocycles. The number of nitrogens with one attached hydrogen (secondary N) is 1. The van der Waals surface area contributed by atoms with Gasteiger partial charge in [-0.05, 0) is 25.1 Å². The molecule has 196 valence electrons. The number of ether oxygens (including phenoxy) is 2. The Hall–Kier alpha value is -3.76. The molecular formula is C27H24ClF2N5O3. The maximum absolute atomic E-state index is 15.0. The summed E-state index contributed by atoms with van der Waals surface area (Å²) in [6.45, 7) is 4.06. The quantitative estimate of drug-likeness (QED) is 0.378. The lowest BCUT2D eigenvalue weighted by Crippen LogP contribution is -2.40. The fourth-order valence-corrected chi connectivity index (χ4v) is 5.25. The third-order valence-electron chi connectivity index (χ3n) is 6.91. The number of halogens is 3. The Morgan fingerprint density at radius 1 is 1.11 bits per heavy atom. The Kier molecular flexibility index (Phi) is 6.37. The second-order valence-corrected chi connectivity index (χ2v) is 9.62. The monoisotopic (exact) mass is 539 g/mol. The summed E-state index contributed by atoms with van der Waals surface area (Å²) >= 11 is 5.98. The van der Waals surface area contributed by atoms with E-state index in [9.17, 15) is 9.18 Å². The lowest BCUT2D eigenvalue weighted by Gasteiger charge is -2.31. The van der Waals surface area contributed by atoms with E-state index in [0.717, 1.165) is 17.4 Å². The number of fused-ring (bicyclic) bond motifs is 2. The number of nitrogens with zero attached hydrogens (tertiary/aromatic N) is 4. The molecule has 4 aromatic rings. The fourth-order valence-electron chi connectivity index (χ4n) is 5.10. The number of benzene rings is 2. The molecule has 6 rings (SSSR count). The minimum Gasteiger partial charge on any atom is -0.493 e. The van der Waals surface area contributed by atoms with Crippen LogP contribution in [-0.2, 0) is 4.74 Å². The van der Waals surface area contributed by atoms with E-state index in [1.54, 1.807) is 6.92 Å². The molecule has 2 aromatic heterocycles. The molecular weight excluding hydrogens is 516 g/mol. The summed E-state index contributed by atoms with van der Waals surface area (Å²) < 4.78 is 42.7. The summed E-state index contributed by atoms with van der Waals surface area (Å²) in [5.74, 6) is -0.784. The maximum atomic E-state index is 15.0. The van der Waals surface area contributed by atoms with E-state index in [-0.39, 0.29) is 33.7 Å². The zero-order valence-corrected chi connectivity index (χ0v) is 21.3. The zero-order valence-electron chi connectivity index (χ0n) is 20.5. The number of carbonyl (C=O) groups excluding carboxylic acids is 1. The molecule has 1 atom stereocenters. The molecule has 0 saturated carbocycles. The highest BCUT2D eigenvalue weighted by Crippen LogP contribution is 2.37. The van der Waals surface area contributed by atoms with Gasteiger partial charge in [0.25, 0.3) is 5.91 Å². The number of hydrogen-bond acceptors (Lipinski definition) is 6. The van der Waals surface area contributed by atoms with Crippen LogP contribution >= 0.6 is 11.6 Å². The van der Waals surface area contributed by atoms with Crippen molar-refractivity contribution in [3.63, 3.8) is 0 Å². The number of para-hydroxylation sites is 1. The van der Waals surface area contributed by atoms with Crippen molar-refractivity contribution >= 4 is 29.0 Å². The largest absolute Gasteiger partial charge is 0.493 e. The summed E-state index contributed by atoms with van der Waals surface area (Å²) in [7, 11) is 0. The van der Waals surface area contributed by atoms with Crippen LogP contribution in [0.3, 0.4) is 0 Å². The van der Waals surface area contributed by atoms with Crippen molar-refractivity contribution in [2.45, 2.75) is 19.4 Å². The summed E-state index contributed by atoms with van der Waals surface area (Å²) in [5.41, 5.74) is 1.64. The first-order valence-electron chi connectivity index (χ1n) is 12.3. The van der Waals surface area contributed by atoms with Gasteiger partial charge in [-0.3, -0.25) is 4.79 Å². The Bertz CT molecular complexity index is 1550. The molecule has 4 heterocycles. The van der Waals surface area contributed by atoms with Crippen LogP contribution in [-0.4, -0.2) is 53.4 Å². The van der Waals surface area contributed by atoms with Crippen molar-refractivity contribution in [3.8, 4) is 16.9 Å². The molecule has 2 aromatic carbocycles. The number of rotatable bonds is 4. The lowest BCUT2D eigenvalue weighted by molar-refractivity contribution is 0.0922. The van der Waals surface area contributed by atoms with Crippen LogP contribution in [0.1, 0.15) is 34.1 Å². The number of hydrogen-bond donors (Lipinski definition) is 1. The van der Waals surface area contributed by atoms with Gasteiger partial charge in [-0.2, -0.15) is 9.61 Å². The van der Waals surface area contributed by atoms with Crippen molar-refractivity contribution in [1.29, 1.82) is 0 Å². The molecule has 2 aliphatic rings. The maximum Gasteiger partial charge on any atom is 0.257 e. The zero-order chi connectivity index (χ0) is 26.4. The Labute approximate surface area is 222 Å². The van der Waals surface area contributed by atoms with E-state index in [2.05, 4.69) is 15.4 Å². The normalized spacial score (nSPS) is 17.3. The van der Waals surface area contributed by atoms with Crippen LogP contribution in [0.4, 0.5) is 14.6 Å². The highest BCUT2D eigenvalue weighted by Gasteiger charge is 2.30. The van der Waals surface area contributed by atoms with E-state index in [1.165, 1.54) is 16.8 Å². The van der Waals surface area contributed by atoms with Crippen LogP contribution in [0, 0.1) is 18.6 Å². The highest BCUT2D eigenvalue weighted by atomic mass is 35.5. The molecule has 2 aliphatic heterocycles.